The fourth-order valence-corrected chi connectivity index (χ4v) is 2.72. The smallest absolute Gasteiger partial charge is 0.162 e. The monoisotopic (exact) mass is 254 g/mol. The Morgan fingerprint density at radius 1 is 1.24 bits per heavy atom. The topological polar surface area (TPSA) is 38.7 Å². The molecule has 0 bridgehead atoms. The Hall–Kier alpha value is -0.870. The number of aliphatic hydroxyl groups is 1. The summed E-state index contributed by atoms with van der Waals surface area (Å²) in [5.74, 6) is 2.54. The van der Waals surface area contributed by atoms with E-state index in [1.165, 1.54) is 0 Å². The van der Waals surface area contributed by atoms with Gasteiger partial charge >= 0.3 is 0 Å². The third-order valence-electron chi connectivity index (χ3n) is 2.50. The molecule has 0 saturated heterocycles. The van der Waals surface area contributed by atoms with E-state index < -0.39 is 5.60 Å². The van der Waals surface area contributed by atoms with Crippen LogP contribution in [0.2, 0.25) is 0 Å². The lowest BCUT2D eigenvalue weighted by Gasteiger charge is -2.19. The number of hydrogen-bond acceptors (Lipinski definition) is 4. The molecular formula is C13H18O3S. The summed E-state index contributed by atoms with van der Waals surface area (Å²) in [4.78, 5) is 1.15. The van der Waals surface area contributed by atoms with E-state index in [1.807, 2.05) is 32.0 Å². The minimum absolute atomic E-state index is 0.596. The van der Waals surface area contributed by atoms with E-state index in [9.17, 15) is 5.11 Å². The Morgan fingerprint density at radius 2 is 1.94 bits per heavy atom. The van der Waals surface area contributed by atoms with Crippen molar-refractivity contribution in [2.24, 2.45) is 0 Å². The van der Waals surface area contributed by atoms with Crippen LogP contribution in [0.1, 0.15) is 20.3 Å². The molecule has 1 aromatic carbocycles. The lowest BCUT2D eigenvalue weighted by molar-refractivity contribution is 0.0777. The summed E-state index contributed by atoms with van der Waals surface area (Å²) >= 11 is 1.72. The zero-order chi connectivity index (χ0) is 12.3. The molecule has 0 atom stereocenters. The van der Waals surface area contributed by atoms with Crippen molar-refractivity contribution in [3.8, 4) is 11.5 Å². The molecule has 0 unspecified atom stereocenters. The van der Waals surface area contributed by atoms with Gasteiger partial charge in [0.05, 0.1) is 5.60 Å². The van der Waals surface area contributed by atoms with Crippen LogP contribution in [0.15, 0.2) is 23.1 Å². The molecule has 0 spiro atoms. The van der Waals surface area contributed by atoms with Crippen LogP contribution in [0.3, 0.4) is 0 Å². The van der Waals surface area contributed by atoms with Gasteiger partial charge in [-0.2, -0.15) is 0 Å². The van der Waals surface area contributed by atoms with Crippen molar-refractivity contribution in [3.05, 3.63) is 18.2 Å². The highest BCUT2D eigenvalue weighted by Gasteiger charge is 2.14. The van der Waals surface area contributed by atoms with Crippen LogP contribution < -0.4 is 9.47 Å². The highest BCUT2D eigenvalue weighted by molar-refractivity contribution is 7.99. The second-order valence-corrected chi connectivity index (χ2v) is 5.88. The first-order chi connectivity index (χ1) is 8.04. The van der Waals surface area contributed by atoms with Crippen LogP contribution in [0, 0.1) is 0 Å². The molecule has 1 N–H and O–H groups in total. The predicted molar refractivity (Wildman–Crippen MR) is 69.1 cm³/mol. The molecule has 0 saturated carbocycles. The maximum absolute atomic E-state index is 9.63. The van der Waals surface area contributed by atoms with E-state index in [4.69, 9.17) is 9.47 Å². The van der Waals surface area contributed by atoms with Gasteiger partial charge in [0.15, 0.2) is 11.5 Å². The molecule has 0 fully saturated rings. The molecular weight excluding hydrogens is 236 g/mol. The SMILES string of the molecule is CC(C)(O)CCSc1ccc2c(c1)OCCO2. The average molecular weight is 254 g/mol. The highest BCUT2D eigenvalue weighted by Crippen LogP contribution is 2.34. The molecule has 94 valence electrons. The quantitative estimate of drug-likeness (QED) is 0.839. The summed E-state index contributed by atoms with van der Waals surface area (Å²) in [6.07, 6.45) is 0.770. The van der Waals surface area contributed by atoms with E-state index in [-0.39, 0.29) is 0 Å². The zero-order valence-corrected chi connectivity index (χ0v) is 11.0. The molecule has 0 aromatic heterocycles. The summed E-state index contributed by atoms with van der Waals surface area (Å²) in [5, 5.41) is 9.63. The normalized spacial score (nSPS) is 14.8. The van der Waals surface area contributed by atoms with E-state index in [0.29, 0.717) is 13.2 Å². The fourth-order valence-electron chi connectivity index (χ4n) is 1.53. The van der Waals surface area contributed by atoms with Crippen LogP contribution in [-0.4, -0.2) is 29.7 Å². The minimum atomic E-state index is -0.596. The van der Waals surface area contributed by atoms with Crippen molar-refractivity contribution < 1.29 is 14.6 Å². The molecule has 4 heteroatoms. The first-order valence-corrected chi connectivity index (χ1v) is 6.78. The fraction of sp³-hybridized carbons (Fsp3) is 0.538. The van der Waals surface area contributed by atoms with Crippen molar-refractivity contribution in [3.63, 3.8) is 0 Å². The van der Waals surface area contributed by atoms with Gasteiger partial charge in [0.25, 0.3) is 0 Å². The van der Waals surface area contributed by atoms with Crippen LogP contribution in [0.25, 0.3) is 0 Å². The van der Waals surface area contributed by atoms with Gasteiger partial charge in [0.1, 0.15) is 13.2 Å². The van der Waals surface area contributed by atoms with Gasteiger partial charge in [-0.05, 0) is 38.5 Å². The molecule has 17 heavy (non-hydrogen) atoms. The summed E-state index contributed by atoms with van der Waals surface area (Å²) in [5.41, 5.74) is -0.596. The largest absolute Gasteiger partial charge is 0.486 e. The summed E-state index contributed by atoms with van der Waals surface area (Å²) in [6, 6.07) is 5.98. The second-order valence-electron chi connectivity index (χ2n) is 4.72. The molecule has 3 nitrogen and oxygen atoms in total. The van der Waals surface area contributed by atoms with Gasteiger partial charge < -0.3 is 14.6 Å². The molecule has 1 heterocycles. The van der Waals surface area contributed by atoms with Gasteiger partial charge in [-0.1, -0.05) is 0 Å². The Morgan fingerprint density at radius 3 is 2.65 bits per heavy atom. The average Bonchev–Trinajstić information content (AvgIpc) is 2.27. The summed E-state index contributed by atoms with van der Waals surface area (Å²) in [6.45, 7) is 4.90. The zero-order valence-electron chi connectivity index (χ0n) is 10.2. The molecule has 1 aliphatic heterocycles. The molecule has 0 radical (unpaired) electrons. The number of hydrogen-bond donors (Lipinski definition) is 1. The molecule has 0 aliphatic carbocycles. The Kier molecular flexibility index (Phi) is 3.84. The van der Waals surface area contributed by atoms with Crippen LogP contribution in [-0.2, 0) is 0 Å². The number of rotatable bonds is 4. The van der Waals surface area contributed by atoms with Crippen molar-refractivity contribution in [2.75, 3.05) is 19.0 Å². The van der Waals surface area contributed by atoms with E-state index in [1.54, 1.807) is 11.8 Å². The number of fused-ring (bicyclic) bond motifs is 1. The van der Waals surface area contributed by atoms with Gasteiger partial charge in [0, 0.05) is 10.6 Å². The molecule has 2 rings (SSSR count). The van der Waals surface area contributed by atoms with Crippen LogP contribution >= 0.6 is 11.8 Å². The second kappa shape index (κ2) is 5.19. The highest BCUT2D eigenvalue weighted by atomic mass is 32.2. The van der Waals surface area contributed by atoms with Crippen LogP contribution in [0.4, 0.5) is 0 Å². The third kappa shape index (κ3) is 3.82. The Bertz CT molecular complexity index is 385. The number of benzene rings is 1. The maximum atomic E-state index is 9.63. The van der Waals surface area contributed by atoms with E-state index in [0.717, 1.165) is 28.6 Å². The minimum Gasteiger partial charge on any atom is -0.486 e. The first kappa shape index (κ1) is 12.6. The van der Waals surface area contributed by atoms with Crippen molar-refractivity contribution >= 4 is 11.8 Å². The predicted octanol–water partition coefficient (Wildman–Crippen LogP) is 2.71. The summed E-state index contributed by atoms with van der Waals surface area (Å²) in [7, 11) is 0. The van der Waals surface area contributed by atoms with Gasteiger partial charge in [-0.25, -0.2) is 0 Å². The summed E-state index contributed by atoms with van der Waals surface area (Å²) < 4.78 is 11.0. The van der Waals surface area contributed by atoms with E-state index >= 15 is 0 Å². The van der Waals surface area contributed by atoms with Gasteiger partial charge in [0.2, 0.25) is 0 Å². The lowest BCUT2D eigenvalue weighted by Crippen LogP contribution is -2.19. The van der Waals surface area contributed by atoms with Gasteiger partial charge in [-0.3, -0.25) is 0 Å². The molecule has 0 amide bonds. The lowest BCUT2D eigenvalue weighted by atomic mass is 10.1. The maximum Gasteiger partial charge on any atom is 0.162 e. The Balaban J connectivity index is 1.93. The van der Waals surface area contributed by atoms with E-state index in [2.05, 4.69) is 0 Å². The number of ether oxygens (including phenoxy) is 2. The number of thioether (sulfide) groups is 1. The van der Waals surface area contributed by atoms with Crippen molar-refractivity contribution in [2.45, 2.75) is 30.8 Å². The first-order valence-electron chi connectivity index (χ1n) is 5.79. The third-order valence-corrected chi connectivity index (χ3v) is 3.49. The standard InChI is InChI=1S/C13H18O3S/c1-13(2,14)5-8-17-10-3-4-11-12(9-10)16-7-6-15-11/h3-4,9,14H,5-8H2,1-2H3. The Labute approximate surface area is 106 Å². The van der Waals surface area contributed by atoms with Crippen molar-refractivity contribution in [1.29, 1.82) is 0 Å². The van der Waals surface area contributed by atoms with Gasteiger partial charge in [-0.15, -0.1) is 11.8 Å². The van der Waals surface area contributed by atoms with Crippen molar-refractivity contribution in [1.82, 2.24) is 0 Å². The van der Waals surface area contributed by atoms with Crippen LogP contribution in [0.5, 0.6) is 11.5 Å². The molecule has 1 aromatic rings. The molecule has 1 aliphatic rings.